The molecule has 0 bridgehead atoms. The van der Waals surface area contributed by atoms with Gasteiger partial charge in [0, 0.05) is 17.7 Å². The molecule has 0 radical (unpaired) electrons. The van der Waals surface area contributed by atoms with Gasteiger partial charge in [0.1, 0.15) is 0 Å². The molecule has 1 atom stereocenters. The molecule has 0 aliphatic carbocycles. The molecule has 6 heteroatoms. The SMILES string of the molecule is Cc1ccc(C(O)CNC(=O)c2ccc(-c3ncon3)cc2)cc1. The van der Waals surface area contributed by atoms with Gasteiger partial charge in [-0.3, -0.25) is 4.79 Å². The van der Waals surface area contributed by atoms with E-state index in [1.807, 2.05) is 31.2 Å². The number of hydrogen-bond donors (Lipinski definition) is 2. The summed E-state index contributed by atoms with van der Waals surface area (Å²) in [6, 6.07) is 14.4. The first-order valence-electron chi connectivity index (χ1n) is 7.53. The van der Waals surface area contributed by atoms with Crippen LogP contribution in [0.15, 0.2) is 59.4 Å². The molecule has 24 heavy (non-hydrogen) atoms. The summed E-state index contributed by atoms with van der Waals surface area (Å²) in [5, 5.41) is 16.6. The number of carbonyl (C=O) groups excluding carboxylic acids is 1. The van der Waals surface area contributed by atoms with Gasteiger partial charge >= 0.3 is 0 Å². The van der Waals surface area contributed by atoms with Crippen LogP contribution in [0.3, 0.4) is 0 Å². The second-order valence-electron chi connectivity index (χ2n) is 5.47. The van der Waals surface area contributed by atoms with E-state index >= 15 is 0 Å². The van der Waals surface area contributed by atoms with Gasteiger partial charge in [-0.2, -0.15) is 4.98 Å². The molecule has 1 amide bonds. The van der Waals surface area contributed by atoms with Gasteiger partial charge < -0.3 is 14.9 Å². The van der Waals surface area contributed by atoms with E-state index in [1.165, 1.54) is 6.39 Å². The molecular formula is C18H17N3O3. The zero-order valence-electron chi connectivity index (χ0n) is 13.1. The fourth-order valence-corrected chi connectivity index (χ4v) is 2.27. The van der Waals surface area contributed by atoms with Crippen molar-refractivity contribution in [1.29, 1.82) is 0 Å². The fourth-order valence-electron chi connectivity index (χ4n) is 2.27. The molecule has 1 aromatic heterocycles. The molecule has 0 spiro atoms. The monoisotopic (exact) mass is 323 g/mol. The number of rotatable bonds is 5. The lowest BCUT2D eigenvalue weighted by Gasteiger charge is -2.12. The Hall–Kier alpha value is -2.99. The summed E-state index contributed by atoms with van der Waals surface area (Å²) >= 11 is 0. The third-order valence-corrected chi connectivity index (χ3v) is 3.68. The van der Waals surface area contributed by atoms with Crippen molar-refractivity contribution in [2.75, 3.05) is 6.54 Å². The lowest BCUT2D eigenvalue weighted by Crippen LogP contribution is -2.28. The molecule has 1 heterocycles. The number of amides is 1. The van der Waals surface area contributed by atoms with Crippen molar-refractivity contribution in [3.8, 4) is 11.4 Å². The van der Waals surface area contributed by atoms with Crippen molar-refractivity contribution in [3.63, 3.8) is 0 Å². The first-order valence-corrected chi connectivity index (χ1v) is 7.53. The van der Waals surface area contributed by atoms with Gasteiger partial charge in [-0.15, -0.1) is 0 Å². The van der Waals surface area contributed by atoms with Crippen molar-refractivity contribution in [3.05, 3.63) is 71.6 Å². The van der Waals surface area contributed by atoms with E-state index in [2.05, 4.69) is 15.5 Å². The van der Waals surface area contributed by atoms with Crippen LogP contribution in [0.4, 0.5) is 0 Å². The topological polar surface area (TPSA) is 88.2 Å². The predicted octanol–water partition coefficient (Wildman–Crippen LogP) is 2.51. The molecule has 1 unspecified atom stereocenters. The maximum atomic E-state index is 12.2. The minimum Gasteiger partial charge on any atom is -0.387 e. The lowest BCUT2D eigenvalue weighted by molar-refractivity contribution is 0.0916. The van der Waals surface area contributed by atoms with E-state index in [-0.39, 0.29) is 12.5 Å². The van der Waals surface area contributed by atoms with Crippen molar-refractivity contribution >= 4 is 5.91 Å². The Morgan fingerprint density at radius 3 is 2.50 bits per heavy atom. The molecule has 0 saturated carbocycles. The fraction of sp³-hybridized carbons (Fsp3) is 0.167. The normalized spacial score (nSPS) is 11.9. The average Bonchev–Trinajstić information content (AvgIpc) is 3.15. The van der Waals surface area contributed by atoms with Crippen LogP contribution < -0.4 is 5.32 Å². The van der Waals surface area contributed by atoms with Crippen LogP contribution in [0.25, 0.3) is 11.4 Å². The Kier molecular flexibility index (Phi) is 4.67. The Morgan fingerprint density at radius 1 is 1.17 bits per heavy atom. The predicted molar refractivity (Wildman–Crippen MR) is 88.2 cm³/mol. The highest BCUT2D eigenvalue weighted by Gasteiger charge is 2.11. The highest BCUT2D eigenvalue weighted by molar-refractivity contribution is 5.94. The second-order valence-corrected chi connectivity index (χ2v) is 5.47. The molecule has 2 aromatic carbocycles. The van der Waals surface area contributed by atoms with Gasteiger partial charge in [-0.1, -0.05) is 47.1 Å². The van der Waals surface area contributed by atoms with Crippen LogP contribution in [-0.2, 0) is 0 Å². The maximum absolute atomic E-state index is 12.2. The number of hydrogen-bond acceptors (Lipinski definition) is 5. The number of aliphatic hydroxyl groups is 1. The summed E-state index contributed by atoms with van der Waals surface area (Å²) in [6.07, 6.45) is 0.510. The Morgan fingerprint density at radius 2 is 1.88 bits per heavy atom. The molecule has 0 aliphatic rings. The molecule has 6 nitrogen and oxygen atoms in total. The smallest absolute Gasteiger partial charge is 0.251 e. The summed E-state index contributed by atoms with van der Waals surface area (Å²) < 4.78 is 4.69. The molecule has 122 valence electrons. The van der Waals surface area contributed by atoms with Crippen molar-refractivity contribution in [2.45, 2.75) is 13.0 Å². The number of aliphatic hydroxyl groups excluding tert-OH is 1. The Bertz CT molecular complexity index is 797. The quantitative estimate of drug-likeness (QED) is 0.753. The highest BCUT2D eigenvalue weighted by Crippen LogP contribution is 2.16. The van der Waals surface area contributed by atoms with Crippen LogP contribution in [0.1, 0.15) is 27.6 Å². The Labute approximate surface area is 139 Å². The molecule has 3 aromatic rings. The lowest BCUT2D eigenvalue weighted by atomic mass is 10.1. The maximum Gasteiger partial charge on any atom is 0.251 e. The number of nitrogens with zero attached hydrogens (tertiary/aromatic N) is 2. The van der Waals surface area contributed by atoms with Gasteiger partial charge in [0.25, 0.3) is 5.91 Å². The van der Waals surface area contributed by atoms with E-state index < -0.39 is 6.10 Å². The minimum atomic E-state index is -0.742. The first-order chi connectivity index (χ1) is 11.6. The van der Waals surface area contributed by atoms with Crippen LogP contribution in [0.5, 0.6) is 0 Å². The molecule has 0 fully saturated rings. The summed E-state index contributed by atoms with van der Waals surface area (Å²) in [6.45, 7) is 2.13. The van der Waals surface area contributed by atoms with Gasteiger partial charge in [0.2, 0.25) is 12.2 Å². The van der Waals surface area contributed by atoms with E-state index in [9.17, 15) is 9.90 Å². The van der Waals surface area contributed by atoms with Crippen LogP contribution >= 0.6 is 0 Å². The van der Waals surface area contributed by atoms with Crippen LogP contribution in [0.2, 0.25) is 0 Å². The number of aryl methyl sites for hydroxylation is 1. The number of aromatic nitrogens is 2. The second kappa shape index (κ2) is 7.06. The van der Waals surface area contributed by atoms with E-state index in [1.54, 1.807) is 24.3 Å². The zero-order valence-corrected chi connectivity index (χ0v) is 13.1. The van der Waals surface area contributed by atoms with E-state index in [4.69, 9.17) is 4.52 Å². The Balaban J connectivity index is 1.59. The standard InChI is InChI=1S/C18H17N3O3/c1-12-2-4-13(5-3-12)16(22)10-19-18(23)15-8-6-14(7-9-15)17-20-11-24-21-17/h2-9,11,16,22H,10H2,1H3,(H,19,23). The molecular weight excluding hydrogens is 306 g/mol. The van der Waals surface area contributed by atoms with Crippen LogP contribution in [-0.4, -0.2) is 27.7 Å². The molecule has 0 aliphatic heterocycles. The average molecular weight is 323 g/mol. The largest absolute Gasteiger partial charge is 0.387 e. The molecule has 3 rings (SSSR count). The summed E-state index contributed by atoms with van der Waals surface area (Å²) in [5.74, 6) is 0.220. The first kappa shape index (κ1) is 15.9. The van der Waals surface area contributed by atoms with Gasteiger partial charge in [0.15, 0.2) is 0 Å². The summed E-state index contributed by atoms with van der Waals surface area (Å²) in [5.41, 5.74) is 3.16. The highest BCUT2D eigenvalue weighted by atomic mass is 16.5. The van der Waals surface area contributed by atoms with E-state index in [0.29, 0.717) is 11.4 Å². The summed E-state index contributed by atoms with van der Waals surface area (Å²) in [7, 11) is 0. The zero-order chi connectivity index (χ0) is 16.9. The minimum absolute atomic E-state index is 0.147. The van der Waals surface area contributed by atoms with Gasteiger partial charge in [-0.25, -0.2) is 0 Å². The van der Waals surface area contributed by atoms with Crippen molar-refractivity contribution in [1.82, 2.24) is 15.5 Å². The summed E-state index contributed by atoms with van der Waals surface area (Å²) in [4.78, 5) is 16.1. The van der Waals surface area contributed by atoms with Crippen molar-refractivity contribution < 1.29 is 14.4 Å². The third kappa shape index (κ3) is 3.67. The van der Waals surface area contributed by atoms with Crippen molar-refractivity contribution in [2.24, 2.45) is 0 Å². The molecule has 0 saturated heterocycles. The third-order valence-electron chi connectivity index (χ3n) is 3.68. The number of benzene rings is 2. The van der Waals surface area contributed by atoms with E-state index in [0.717, 1.165) is 16.7 Å². The number of nitrogens with one attached hydrogen (secondary N) is 1. The van der Waals surface area contributed by atoms with Crippen LogP contribution in [0, 0.1) is 6.92 Å². The van der Waals surface area contributed by atoms with Gasteiger partial charge in [-0.05, 0) is 24.6 Å². The number of carbonyl (C=O) groups is 1. The molecule has 2 N–H and O–H groups in total. The van der Waals surface area contributed by atoms with Gasteiger partial charge in [0.05, 0.1) is 6.10 Å².